The van der Waals surface area contributed by atoms with Gasteiger partial charge in [-0.25, -0.2) is 0 Å². The van der Waals surface area contributed by atoms with Gasteiger partial charge in [0.1, 0.15) is 16.5 Å². The van der Waals surface area contributed by atoms with Gasteiger partial charge in [0.05, 0.1) is 12.2 Å². The van der Waals surface area contributed by atoms with Gasteiger partial charge in [0, 0.05) is 25.1 Å². The maximum absolute atomic E-state index is 12.9. The van der Waals surface area contributed by atoms with E-state index in [0.29, 0.717) is 36.1 Å². The number of ether oxygens (including phenoxy) is 3. The molecule has 32 heavy (non-hydrogen) atoms. The highest BCUT2D eigenvalue weighted by Gasteiger charge is 2.26. The first-order valence-electron chi connectivity index (χ1n) is 11.2. The predicted molar refractivity (Wildman–Crippen MR) is 126 cm³/mol. The van der Waals surface area contributed by atoms with Crippen molar-refractivity contribution in [1.29, 1.82) is 0 Å². The Morgan fingerprint density at radius 3 is 2.47 bits per heavy atom. The minimum absolute atomic E-state index is 0.132. The largest absolute Gasteiger partial charge is 0.494 e. The summed E-state index contributed by atoms with van der Waals surface area (Å²) in [6, 6.07) is 7.20. The lowest BCUT2D eigenvalue weighted by Gasteiger charge is -2.13. The number of hydrogen-bond acceptors (Lipinski definition) is 6. The van der Waals surface area contributed by atoms with Gasteiger partial charge in [-0.2, -0.15) is 0 Å². The molecular formula is C24H32N2O5S. The third kappa shape index (κ3) is 6.71. The van der Waals surface area contributed by atoms with Crippen LogP contribution in [-0.2, 0) is 22.4 Å². The van der Waals surface area contributed by atoms with Gasteiger partial charge >= 0.3 is 0 Å². The number of fused-ring (bicyclic) bond motifs is 1. The number of anilines is 1. The maximum atomic E-state index is 12.9. The first kappa shape index (κ1) is 24.1. The van der Waals surface area contributed by atoms with E-state index in [4.69, 9.17) is 14.2 Å². The highest BCUT2D eigenvalue weighted by molar-refractivity contribution is 7.17. The molecule has 1 heterocycles. The molecule has 2 N–H and O–H groups in total. The van der Waals surface area contributed by atoms with E-state index in [1.54, 1.807) is 19.2 Å². The van der Waals surface area contributed by atoms with Crippen molar-refractivity contribution in [2.75, 3.05) is 38.8 Å². The molecule has 7 nitrogen and oxygen atoms in total. The first-order chi connectivity index (χ1) is 15.6. The van der Waals surface area contributed by atoms with Crippen LogP contribution in [0.25, 0.3) is 0 Å². The fourth-order valence-electron chi connectivity index (χ4n) is 3.56. The molecule has 3 rings (SSSR count). The molecule has 0 radical (unpaired) electrons. The Hall–Kier alpha value is -2.58. The third-order valence-corrected chi connectivity index (χ3v) is 6.34. The second-order valence-corrected chi connectivity index (χ2v) is 8.78. The van der Waals surface area contributed by atoms with Crippen LogP contribution in [-0.4, -0.2) is 45.3 Å². The lowest BCUT2D eigenvalue weighted by atomic mass is 9.95. The van der Waals surface area contributed by atoms with Gasteiger partial charge in [0.25, 0.3) is 11.8 Å². The van der Waals surface area contributed by atoms with Crippen molar-refractivity contribution in [3.8, 4) is 11.5 Å². The number of methoxy groups -OCH3 is 1. The number of carbonyl (C=O) groups excluding carboxylic acids is 2. The minimum Gasteiger partial charge on any atom is -0.494 e. The second kappa shape index (κ2) is 12.5. The van der Waals surface area contributed by atoms with Gasteiger partial charge in [0.2, 0.25) is 0 Å². The van der Waals surface area contributed by atoms with Crippen LogP contribution in [0, 0.1) is 0 Å². The first-order valence-corrected chi connectivity index (χ1v) is 12.0. The Kier molecular flexibility index (Phi) is 9.37. The Labute approximate surface area is 193 Å². The van der Waals surface area contributed by atoms with Crippen molar-refractivity contribution in [2.24, 2.45) is 0 Å². The average Bonchev–Trinajstić information content (AvgIpc) is 3.17. The molecule has 0 aliphatic heterocycles. The van der Waals surface area contributed by atoms with Gasteiger partial charge in [-0.05, 0) is 68.4 Å². The predicted octanol–water partition coefficient (Wildman–Crippen LogP) is 4.20. The van der Waals surface area contributed by atoms with Crippen LogP contribution < -0.4 is 20.1 Å². The van der Waals surface area contributed by atoms with E-state index in [1.165, 1.54) is 16.2 Å². The smallest absolute Gasteiger partial charge is 0.262 e. The molecule has 0 atom stereocenters. The van der Waals surface area contributed by atoms with Gasteiger partial charge < -0.3 is 24.8 Å². The van der Waals surface area contributed by atoms with E-state index < -0.39 is 0 Å². The molecule has 1 aromatic carbocycles. The quantitative estimate of drug-likeness (QED) is 0.464. The normalized spacial score (nSPS) is 12.7. The molecule has 8 heteroatoms. The molecule has 174 valence electrons. The summed E-state index contributed by atoms with van der Waals surface area (Å²) in [5.74, 6) is 0.933. The van der Waals surface area contributed by atoms with Crippen molar-refractivity contribution in [2.45, 2.75) is 45.4 Å². The maximum Gasteiger partial charge on any atom is 0.262 e. The zero-order valence-corrected chi connectivity index (χ0v) is 19.6. The van der Waals surface area contributed by atoms with E-state index in [1.807, 2.05) is 12.1 Å². The van der Waals surface area contributed by atoms with Gasteiger partial charge in [-0.3, -0.25) is 9.59 Å². The molecule has 0 saturated carbocycles. The van der Waals surface area contributed by atoms with Gasteiger partial charge in [0.15, 0.2) is 6.61 Å². The molecule has 1 aliphatic carbocycles. The van der Waals surface area contributed by atoms with Crippen LogP contribution >= 0.6 is 11.3 Å². The summed E-state index contributed by atoms with van der Waals surface area (Å²) in [7, 11) is 1.64. The zero-order chi connectivity index (χ0) is 22.8. The van der Waals surface area contributed by atoms with Crippen LogP contribution in [0.4, 0.5) is 5.00 Å². The van der Waals surface area contributed by atoms with E-state index in [2.05, 4.69) is 17.6 Å². The number of carbonyl (C=O) groups is 2. The summed E-state index contributed by atoms with van der Waals surface area (Å²) in [4.78, 5) is 26.7. The highest BCUT2D eigenvalue weighted by atomic mass is 32.1. The lowest BCUT2D eigenvalue weighted by Crippen LogP contribution is -2.28. The summed E-state index contributed by atoms with van der Waals surface area (Å²) in [6.07, 6.45) is 5.66. The second-order valence-electron chi connectivity index (χ2n) is 7.67. The summed E-state index contributed by atoms with van der Waals surface area (Å²) in [6.45, 7) is 3.71. The van der Waals surface area contributed by atoms with Crippen molar-refractivity contribution in [3.63, 3.8) is 0 Å². The standard InChI is InChI=1S/C24H32N2O5S/c1-3-14-30-17-9-11-18(12-10-17)31-16-21(27)26-24-22(23(28)25-13-6-15-29-2)19-7-4-5-8-20(19)32-24/h9-12H,3-8,13-16H2,1-2H3,(H,25,28)(H,26,27). The number of benzene rings is 1. The Balaban J connectivity index is 1.61. The molecule has 1 aromatic heterocycles. The molecule has 0 unspecified atom stereocenters. The fourth-order valence-corrected chi connectivity index (χ4v) is 4.87. The SMILES string of the molecule is CCCOc1ccc(OCC(=O)Nc2sc3c(c2C(=O)NCCCOC)CCCC3)cc1. The van der Waals surface area contributed by atoms with Crippen LogP contribution in [0.5, 0.6) is 11.5 Å². The Morgan fingerprint density at radius 2 is 1.75 bits per heavy atom. The van der Waals surface area contributed by atoms with Crippen LogP contribution in [0.2, 0.25) is 0 Å². The van der Waals surface area contributed by atoms with Crippen LogP contribution in [0.15, 0.2) is 24.3 Å². The Bertz CT molecular complexity index is 895. The number of rotatable bonds is 12. The third-order valence-electron chi connectivity index (χ3n) is 5.13. The molecule has 0 fully saturated rings. The van der Waals surface area contributed by atoms with Crippen molar-refractivity contribution < 1.29 is 23.8 Å². The summed E-state index contributed by atoms with van der Waals surface area (Å²) >= 11 is 1.50. The fraction of sp³-hybridized carbons (Fsp3) is 0.500. The highest BCUT2D eigenvalue weighted by Crippen LogP contribution is 2.38. The minimum atomic E-state index is -0.289. The average molecular weight is 461 g/mol. The summed E-state index contributed by atoms with van der Waals surface area (Å²) in [5.41, 5.74) is 1.68. The zero-order valence-electron chi connectivity index (χ0n) is 18.8. The topological polar surface area (TPSA) is 85.9 Å². The summed E-state index contributed by atoms with van der Waals surface area (Å²) in [5, 5.41) is 6.47. The van der Waals surface area contributed by atoms with Gasteiger partial charge in [-0.1, -0.05) is 6.92 Å². The molecular weight excluding hydrogens is 428 g/mol. The van der Waals surface area contributed by atoms with Crippen LogP contribution in [0.1, 0.15) is 53.4 Å². The number of aryl methyl sites for hydroxylation is 1. The number of nitrogens with one attached hydrogen (secondary N) is 2. The van der Waals surface area contributed by atoms with Crippen LogP contribution in [0.3, 0.4) is 0 Å². The van der Waals surface area contributed by atoms with E-state index >= 15 is 0 Å². The Morgan fingerprint density at radius 1 is 1.03 bits per heavy atom. The molecule has 2 amide bonds. The van der Waals surface area contributed by atoms with Gasteiger partial charge in [-0.15, -0.1) is 11.3 Å². The monoisotopic (exact) mass is 460 g/mol. The number of amides is 2. The number of hydrogen-bond donors (Lipinski definition) is 2. The van der Waals surface area contributed by atoms with Crippen molar-refractivity contribution in [3.05, 3.63) is 40.3 Å². The lowest BCUT2D eigenvalue weighted by molar-refractivity contribution is -0.118. The summed E-state index contributed by atoms with van der Waals surface area (Å²) < 4.78 is 16.2. The molecule has 2 aromatic rings. The van der Waals surface area contributed by atoms with E-state index in [9.17, 15) is 9.59 Å². The molecule has 0 saturated heterocycles. The molecule has 1 aliphatic rings. The van der Waals surface area contributed by atoms with Crippen molar-refractivity contribution >= 4 is 28.2 Å². The molecule has 0 spiro atoms. The molecule has 0 bridgehead atoms. The van der Waals surface area contributed by atoms with Crippen molar-refractivity contribution in [1.82, 2.24) is 5.32 Å². The van der Waals surface area contributed by atoms with E-state index in [-0.39, 0.29) is 18.4 Å². The van der Waals surface area contributed by atoms with E-state index in [0.717, 1.165) is 49.8 Å². The number of thiophene rings is 1.